The van der Waals surface area contributed by atoms with Gasteiger partial charge in [-0.05, 0) is 218 Å². The number of nitrogens with two attached hydrogens (primary N) is 1. The number of phenolic OH excluding ortho intramolecular Hbond substituents is 1. The molecule has 6 heterocycles. The molecular formula is C70H96N4O7S2. The topological polar surface area (TPSA) is 167 Å². The van der Waals surface area contributed by atoms with Gasteiger partial charge in [0.05, 0.1) is 12.2 Å². The molecule has 7 spiro atoms. The summed E-state index contributed by atoms with van der Waals surface area (Å²) in [5.74, 6) is 3.76. The molecule has 0 aromatic heterocycles. The minimum atomic E-state index is -0.854. The normalized spacial score (nSPS) is 43.3. The standard InChI is InChI=1S/C70H96N4O7S2/c1-45(75)80-65-31-20-47-36-50(60(79)61-59(47)48-21-33-68(81-61)28-9-14-51(68)37-48)42-74-44-66(40-58(74)78)52(18-19-55(66)46-12-3-2-4-13-46)41-72-62(71)73-70(30-11-27-64(70)25-7-8-26-64)83-82-43-53-17-16-49(54(22-32-65)56(76)39-65)38-67(53)35-34-63(23-5-6-24-63)69(67)29-10-15-57(69)77/h2-4,12-13,21,33,36,48-49,51-57,76-77,79H,5-11,14-20,22-32,34-35,37-44H2,1H3,(H3,71,72,73)/t48-,49-,51-,52-,53-,54+,55+,56+,57+,65-,66-,67-,68+,69-,70-/m0/s1. The van der Waals surface area contributed by atoms with Crippen molar-refractivity contribution in [1.29, 1.82) is 0 Å². The lowest BCUT2D eigenvalue weighted by Crippen LogP contribution is -2.58. The molecule has 10 fully saturated rings. The number of ether oxygens (including phenoxy) is 2. The number of fused-ring (bicyclic) bond motifs is 2. The summed E-state index contributed by atoms with van der Waals surface area (Å²) in [6.07, 6.45) is 35.4. The van der Waals surface area contributed by atoms with Crippen molar-refractivity contribution in [2.75, 3.05) is 18.8 Å². The number of benzene rings is 2. The molecule has 2 aromatic carbocycles. The number of esters is 1. The Hall–Kier alpha value is -3.39. The first-order valence-corrected chi connectivity index (χ1v) is 36.0. The molecule has 10 aliphatic carbocycles. The summed E-state index contributed by atoms with van der Waals surface area (Å²) in [5.41, 5.74) is 10.0. The number of aryl methyl sites for hydroxylation is 1. The van der Waals surface area contributed by atoms with E-state index >= 15 is 4.79 Å². The molecule has 2 aromatic rings. The third-order valence-electron chi connectivity index (χ3n) is 27.3. The summed E-state index contributed by atoms with van der Waals surface area (Å²) in [6, 6.07) is 13.0. The van der Waals surface area contributed by atoms with Crippen LogP contribution in [-0.4, -0.2) is 85.2 Å². The fourth-order valence-corrected chi connectivity index (χ4v) is 27.8. The van der Waals surface area contributed by atoms with E-state index < -0.39 is 17.3 Å². The fraction of sp³-hybridized carbons (Fsp3) is 0.757. The van der Waals surface area contributed by atoms with Gasteiger partial charge in [0.1, 0.15) is 16.1 Å². The number of hydrogen-bond donors (Lipinski definition) is 5. The molecule has 0 unspecified atom stereocenters. The highest BCUT2D eigenvalue weighted by Gasteiger charge is 2.74. The van der Waals surface area contributed by atoms with Crippen LogP contribution in [0.15, 0.2) is 53.5 Å². The zero-order valence-corrected chi connectivity index (χ0v) is 51.5. The number of aliphatic hydroxyl groups excluding tert-OH is 2. The van der Waals surface area contributed by atoms with Gasteiger partial charge in [-0.25, -0.2) is 0 Å². The first-order chi connectivity index (χ1) is 40.2. The van der Waals surface area contributed by atoms with Gasteiger partial charge in [-0.15, -0.1) is 0 Å². The number of guanidine groups is 1. The molecule has 1 saturated heterocycles. The summed E-state index contributed by atoms with van der Waals surface area (Å²) in [7, 11) is 4.21. The number of hydrogen-bond acceptors (Lipinski definition) is 12. The van der Waals surface area contributed by atoms with Gasteiger partial charge in [0, 0.05) is 84.4 Å². The van der Waals surface area contributed by atoms with Crippen molar-refractivity contribution in [1.82, 2.24) is 10.2 Å². The second-order valence-corrected chi connectivity index (χ2v) is 33.1. The molecule has 1 amide bonds. The molecule has 11 nitrogen and oxygen atoms in total. The number of amides is 1. The van der Waals surface area contributed by atoms with E-state index in [1.807, 2.05) is 4.90 Å². The van der Waals surface area contributed by atoms with Crippen molar-refractivity contribution >= 4 is 39.4 Å². The van der Waals surface area contributed by atoms with E-state index in [4.69, 9.17) is 20.2 Å². The van der Waals surface area contributed by atoms with Gasteiger partial charge in [0.25, 0.3) is 0 Å². The van der Waals surface area contributed by atoms with Gasteiger partial charge >= 0.3 is 5.97 Å². The predicted octanol–water partition coefficient (Wildman–Crippen LogP) is 13.7. The number of aliphatic hydroxyl groups is 2. The van der Waals surface area contributed by atoms with E-state index in [0.717, 1.165) is 107 Å². The number of rotatable bonds is 2. The minimum absolute atomic E-state index is 0.00504. The molecule has 450 valence electrons. The number of phenols is 1. The second kappa shape index (κ2) is 20.9. The molecule has 15 atom stereocenters. The summed E-state index contributed by atoms with van der Waals surface area (Å²) >= 11 is 0. The number of aromatic hydroxyl groups is 1. The number of nitrogens with one attached hydrogen (secondary N) is 1. The number of allylic oxidation sites excluding steroid dienone is 1. The Labute approximate surface area is 502 Å². The number of nitrogens with zero attached hydrogens (tertiary/aromatic N) is 2. The van der Waals surface area contributed by atoms with Gasteiger partial charge < -0.3 is 40.7 Å². The van der Waals surface area contributed by atoms with Gasteiger partial charge in [-0.2, -0.15) is 0 Å². The van der Waals surface area contributed by atoms with Crippen molar-refractivity contribution in [2.24, 2.45) is 67.4 Å². The molecule has 13 heteroatoms. The zero-order valence-electron chi connectivity index (χ0n) is 49.8. The molecule has 16 aliphatic rings. The SMILES string of the molecule is CC(=O)O[C@@]12CCc3cc(c(O)c4c3[C@H]3C=C[C@@]5(CCC[C@H]5C3)O4)CN3C[C@@]4(CC3=O)[C@@H](CC[C@@H]4c3ccccc3)CN=C(N)N[C@@]3(CCCC34CCCC4)SSC[C@@H]3CC[C@@H](C[C@@]34CCC3(CCCC3)[C@@]43CCC[C@H]3O)[C@@H](CC1)[C@H](O)C2. The van der Waals surface area contributed by atoms with Crippen molar-refractivity contribution in [3.8, 4) is 11.5 Å². The fourth-order valence-electron chi connectivity index (χ4n) is 23.9. The van der Waals surface area contributed by atoms with Crippen LogP contribution < -0.4 is 15.8 Å². The van der Waals surface area contributed by atoms with Crippen molar-refractivity contribution < 1.29 is 34.4 Å². The average Bonchev–Trinajstić information content (AvgIpc) is 2.05. The third kappa shape index (κ3) is 8.60. The summed E-state index contributed by atoms with van der Waals surface area (Å²) < 4.78 is 13.9. The number of carbonyl (C=O) groups is 2. The maximum Gasteiger partial charge on any atom is 0.303 e. The van der Waals surface area contributed by atoms with Crippen LogP contribution >= 0.6 is 21.6 Å². The Morgan fingerprint density at radius 1 is 0.807 bits per heavy atom. The Kier molecular flexibility index (Phi) is 14.1. The van der Waals surface area contributed by atoms with E-state index in [-0.39, 0.29) is 85.9 Å². The monoisotopic (exact) mass is 1170 g/mol. The van der Waals surface area contributed by atoms with E-state index in [1.54, 1.807) is 0 Å². The van der Waals surface area contributed by atoms with Gasteiger partial charge in [-0.1, -0.05) is 90.1 Å². The highest BCUT2D eigenvalue weighted by atomic mass is 33.1. The molecule has 9 saturated carbocycles. The van der Waals surface area contributed by atoms with Crippen LogP contribution in [0.5, 0.6) is 11.5 Å². The van der Waals surface area contributed by atoms with Crippen LogP contribution in [0.25, 0.3) is 0 Å². The molecule has 6 N–H and O–H groups in total. The van der Waals surface area contributed by atoms with Crippen LogP contribution in [0.2, 0.25) is 0 Å². The lowest BCUT2D eigenvalue weighted by molar-refractivity contribution is -0.176. The molecule has 0 radical (unpaired) electrons. The minimum Gasteiger partial charge on any atom is -0.504 e. The van der Waals surface area contributed by atoms with Gasteiger partial charge in [0.15, 0.2) is 17.5 Å². The quantitative estimate of drug-likeness (QED) is 0.110. The molecular weight excluding hydrogens is 1070 g/mol. The second-order valence-electron chi connectivity index (χ2n) is 30.4. The average molecular weight is 1170 g/mol. The van der Waals surface area contributed by atoms with Crippen molar-refractivity contribution in [3.63, 3.8) is 0 Å². The summed E-state index contributed by atoms with van der Waals surface area (Å²) in [6.45, 7) is 2.93. The highest BCUT2D eigenvalue weighted by molar-refractivity contribution is 8.77. The Balaban J connectivity index is 0.834. The summed E-state index contributed by atoms with van der Waals surface area (Å²) in [5, 5.41) is 42.7. The molecule has 6 aliphatic heterocycles. The Bertz CT molecular complexity index is 2900. The zero-order chi connectivity index (χ0) is 56.6. The Morgan fingerprint density at radius 3 is 2.37 bits per heavy atom. The number of carbonyl (C=O) groups excluding carboxylic acids is 2. The van der Waals surface area contributed by atoms with E-state index in [0.29, 0.717) is 80.2 Å². The maximum atomic E-state index is 15.0. The third-order valence-corrected chi connectivity index (χ3v) is 30.6. The maximum absolute atomic E-state index is 15.0. The highest BCUT2D eigenvalue weighted by Crippen LogP contribution is 2.79. The van der Waals surface area contributed by atoms with Crippen LogP contribution in [0.1, 0.15) is 234 Å². The largest absolute Gasteiger partial charge is 0.504 e. The lowest BCUT2D eigenvalue weighted by atomic mass is 9.45. The lowest BCUT2D eigenvalue weighted by Gasteiger charge is -2.61. The van der Waals surface area contributed by atoms with Crippen molar-refractivity contribution in [2.45, 2.75) is 253 Å². The molecule has 10 bridgehead atoms. The van der Waals surface area contributed by atoms with Gasteiger partial charge in [0.2, 0.25) is 5.91 Å². The van der Waals surface area contributed by atoms with Crippen LogP contribution in [-0.2, 0) is 27.3 Å². The van der Waals surface area contributed by atoms with E-state index in [2.05, 4.69) is 75.5 Å². The van der Waals surface area contributed by atoms with E-state index in [9.17, 15) is 20.1 Å². The predicted molar refractivity (Wildman–Crippen MR) is 329 cm³/mol. The van der Waals surface area contributed by atoms with Crippen molar-refractivity contribution in [3.05, 3.63) is 70.8 Å². The van der Waals surface area contributed by atoms with E-state index in [1.165, 1.54) is 89.5 Å². The Morgan fingerprint density at radius 2 is 1.59 bits per heavy atom. The first kappa shape index (κ1) is 56.1. The van der Waals surface area contributed by atoms with Crippen LogP contribution in [0.4, 0.5) is 0 Å². The van der Waals surface area contributed by atoms with Crippen LogP contribution in [0.3, 0.4) is 0 Å². The summed E-state index contributed by atoms with van der Waals surface area (Å²) in [4.78, 5) is 35.7. The smallest absolute Gasteiger partial charge is 0.303 e. The molecule has 83 heavy (non-hydrogen) atoms. The van der Waals surface area contributed by atoms with Crippen LogP contribution in [0, 0.1) is 56.7 Å². The number of aliphatic imine (C=N–C) groups is 1. The first-order valence-electron chi connectivity index (χ1n) is 33.7. The molecule has 18 rings (SSSR count). The van der Waals surface area contributed by atoms with Gasteiger partial charge in [-0.3, -0.25) is 14.6 Å².